The van der Waals surface area contributed by atoms with Crippen LogP contribution in [0.15, 0.2) is 59.3 Å². The van der Waals surface area contributed by atoms with E-state index in [4.69, 9.17) is 18.9 Å². The molecule has 0 aliphatic carbocycles. The number of benzene rings is 2. The van der Waals surface area contributed by atoms with E-state index in [9.17, 15) is 0 Å². The summed E-state index contributed by atoms with van der Waals surface area (Å²) in [6.07, 6.45) is 9.84. The minimum absolute atomic E-state index is 0.699. The van der Waals surface area contributed by atoms with E-state index in [2.05, 4.69) is 59.3 Å². The molecule has 6 heteroatoms. The summed E-state index contributed by atoms with van der Waals surface area (Å²) in [4.78, 5) is 2.44. The highest BCUT2D eigenvalue weighted by atomic mass is 32.1. The molecule has 2 bridgehead atoms. The molecule has 2 aromatic carbocycles. The van der Waals surface area contributed by atoms with E-state index in [-0.39, 0.29) is 0 Å². The Morgan fingerprint density at radius 1 is 0.410 bits per heavy atom. The van der Waals surface area contributed by atoms with Gasteiger partial charge in [0.1, 0.15) is 23.0 Å². The van der Waals surface area contributed by atoms with Gasteiger partial charge >= 0.3 is 0 Å². The topological polar surface area (TPSA) is 36.9 Å². The molecule has 6 rings (SSSR count). The van der Waals surface area contributed by atoms with Crippen molar-refractivity contribution in [2.24, 2.45) is 0 Å². The average Bonchev–Trinajstić information content (AvgIpc) is 3.62. The van der Waals surface area contributed by atoms with Gasteiger partial charge in [0.15, 0.2) is 0 Å². The van der Waals surface area contributed by atoms with Crippen molar-refractivity contribution >= 4 is 22.7 Å². The van der Waals surface area contributed by atoms with Gasteiger partial charge in [-0.15, -0.1) is 22.7 Å². The minimum atomic E-state index is 0.699. The fourth-order valence-electron chi connectivity index (χ4n) is 5.42. The molecule has 2 aliphatic heterocycles. The molecule has 0 saturated carbocycles. The fraction of sp³-hybridized carbons (Fsp3) is 0.394. The standard InChI is InChI=1S/C33H36O4S2/c1-2-6-18-34-26-12-10-14-28-30(26)24-16-22-38-32(24)33-25(17-23-39-33)31-27(35-19-7-3-1)13-11-15-29(31)37-21-9-5-4-8-20-36-28/h10-17,22-23H,1-9,18-21H2. The molecule has 2 aliphatic rings. The van der Waals surface area contributed by atoms with Crippen LogP contribution in [0.2, 0.25) is 0 Å². The first-order valence-corrected chi connectivity index (χ1v) is 16.1. The van der Waals surface area contributed by atoms with Crippen LogP contribution in [-0.2, 0) is 0 Å². The van der Waals surface area contributed by atoms with Gasteiger partial charge in [0, 0.05) is 11.1 Å². The van der Waals surface area contributed by atoms with Gasteiger partial charge < -0.3 is 18.9 Å². The Morgan fingerprint density at radius 2 is 0.744 bits per heavy atom. The predicted octanol–water partition coefficient (Wildman–Crippen LogP) is 9.86. The highest BCUT2D eigenvalue weighted by molar-refractivity contribution is 7.21. The van der Waals surface area contributed by atoms with Gasteiger partial charge in [-0.3, -0.25) is 0 Å². The van der Waals surface area contributed by atoms with Gasteiger partial charge in [0.25, 0.3) is 0 Å². The summed E-state index contributed by atoms with van der Waals surface area (Å²) in [6.45, 7) is 2.82. The van der Waals surface area contributed by atoms with Crippen molar-refractivity contribution in [1.82, 2.24) is 0 Å². The third kappa shape index (κ3) is 5.97. The number of ether oxygens (including phenoxy) is 4. The Hall–Kier alpha value is -2.96. The van der Waals surface area contributed by atoms with Gasteiger partial charge in [-0.2, -0.15) is 0 Å². The number of rotatable bonds is 0. The second-order valence-corrected chi connectivity index (χ2v) is 12.0. The number of hydrogen-bond acceptors (Lipinski definition) is 6. The Morgan fingerprint density at radius 3 is 1.10 bits per heavy atom. The van der Waals surface area contributed by atoms with Crippen LogP contribution in [0.3, 0.4) is 0 Å². The molecule has 204 valence electrons. The van der Waals surface area contributed by atoms with Crippen LogP contribution in [0.4, 0.5) is 0 Å². The molecule has 0 radical (unpaired) electrons. The molecule has 0 fully saturated rings. The van der Waals surface area contributed by atoms with E-state index >= 15 is 0 Å². The Kier molecular flexibility index (Phi) is 8.71. The van der Waals surface area contributed by atoms with E-state index < -0.39 is 0 Å². The maximum Gasteiger partial charge on any atom is 0.130 e. The lowest BCUT2D eigenvalue weighted by molar-refractivity contribution is 0.283. The summed E-state index contributed by atoms with van der Waals surface area (Å²) in [5.41, 5.74) is 4.44. The smallest absolute Gasteiger partial charge is 0.130 e. The molecule has 4 nitrogen and oxygen atoms in total. The van der Waals surface area contributed by atoms with Crippen LogP contribution >= 0.6 is 22.7 Å². The zero-order valence-electron chi connectivity index (χ0n) is 22.4. The molecular weight excluding hydrogens is 524 g/mol. The first kappa shape index (κ1) is 26.3. The van der Waals surface area contributed by atoms with Crippen molar-refractivity contribution in [2.45, 2.75) is 57.8 Å². The van der Waals surface area contributed by atoms with Crippen LogP contribution in [0, 0.1) is 0 Å². The maximum absolute atomic E-state index is 6.46. The third-order valence-electron chi connectivity index (χ3n) is 7.41. The largest absolute Gasteiger partial charge is 0.493 e. The van der Waals surface area contributed by atoms with Crippen molar-refractivity contribution in [3.8, 4) is 55.0 Å². The molecular formula is C33H36O4S2. The van der Waals surface area contributed by atoms with E-state index in [1.165, 1.54) is 16.2 Å². The van der Waals surface area contributed by atoms with Crippen molar-refractivity contribution in [1.29, 1.82) is 0 Å². The van der Waals surface area contributed by atoms with Crippen molar-refractivity contribution < 1.29 is 18.9 Å². The zero-order chi connectivity index (χ0) is 26.3. The normalized spacial score (nSPS) is 16.7. The summed E-state index contributed by atoms with van der Waals surface area (Å²) in [5.74, 6) is 3.62. The van der Waals surface area contributed by atoms with Crippen LogP contribution < -0.4 is 18.9 Å². The Bertz CT molecular complexity index is 1270. The number of thiophene rings is 2. The molecule has 39 heavy (non-hydrogen) atoms. The fourth-order valence-corrected chi connectivity index (χ4v) is 7.42. The lowest BCUT2D eigenvalue weighted by atomic mass is 9.99. The Balaban J connectivity index is 1.55. The second kappa shape index (κ2) is 12.9. The summed E-state index contributed by atoms with van der Waals surface area (Å²) >= 11 is 3.53. The van der Waals surface area contributed by atoms with Gasteiger partial charge in [0.05, 0.1) is 47.3 Å². The lowest BCUT2D eigenvalue weighted by Crippen LogP contribution is -2.04. The van der Waals surface area contributed by atoms with Crippen LogP contribution in [0.25, 0.3) is 32.0 Å². The zero-order valence-corrected chi connectivity index (χ0v) is 24.0. The third-order valence-corrected chi connectivity index (χ3v) is 9.40. The lowest BCUT2D eigenvalue weighted by Gasteiger charge is -2.19. The van der Waals surface area contributed by atoms with Gasteiger partial charge in [0.2, 0.25) is 0 Å². The van der Waals surface area contributed by atoms with Gasteiger partial charge in [-0.1, -0.05) is 31.4 Å². The highest BCUT2D eigenvalue weighted by Crippen LogP contribution is 2.52. The van der Waals surface area contributed by atoms with Crippen molar-refractivity contribution in [3.63, 3.8) is 0 Å². The summed E-state index contributed by atoms with van der Waals surface area (Å²) < 4.78 is 25.8. The summed E-state index contributed by atoms with van der Waals surface area (Å²) in [7, 11) is 0. The second-order valence-electron chi connectivity index (χ2n) is 10.2. The van der Waals surface area contributed by atoms with Crippen LogP contribution in [0.1, 0.15) is 57.8 Å². The summed E-state index contributed by atoms with van der Waals surface area (Å²) in [6, 6.07) is 17.0. The van der Waals surface area contributed by atoms with E-state index in [1.54, 1.807) is 22.7 Å². The van der Waals surface area contributed by atoms with E-state index in [0.29, 0.717) is 26.4 Å². The molecule has 4 heterocycles. The van der Waals surface area contributed by atoms with E-state index in [0.717, 1.165) is 96.6 Å². The Labute approximate surface area is 239 Å². The summed E-state index contributed by atoms with van der Waals surface area (Å²) in [5, 5.41) is 4.36. The van der Waals surface area contributed by atoms with Gasteiger partial charge in [-0.05, 0) is 85.7 Å². The average molecular weight is 561 g/mol. The first-order valence-electron chi connectivity index (χ1n) is 14.3. The maximum atomic E-state index is 6.46. The van der Waals surface area contributed by atoms with Crippen molar-refractivity contribution in [2.75, 3.05) is 26.4 Å². The van der Waals surface area contributed by atoms with Crippen LogP contribution in [0.5, 0.6) is 23.0 Å². The first-order chi connectivity index (χ1) is 19.4. The van der Waals surface area contributed by atoms with Crippen molar-refractivity contribution in [3.05, 3.63) is 59.3 Å². The highest BCUT2D eigenvalue weighted by Gasteiger charge is 2.24. The monoisotopic (exact) mass is 560 g/mol. The molecule has 0 amide bonds. The molecule has 0 atom stereocenters. The van der Waals surface area contributed by atoms with Crippen LogP contribution in [-0.4, -0.2) is 26.4 Å². The van der Waals surface area contributed by atoms with Gasteiger partial charge in [-0.25, -0.2) is 0 Å². The number of hydrogen-bond donors (Lipinski definition) is 0. The molecule has 0 spiro atoms. The molecule has 0 N–H and O–H groups in total. The molecule has 4 aromatic rings. The molecule has 2 aromatic heterocycles. The quantitative estimate of drug-likeness (QED) is 0.214. The minimum Gasteiger partial charge on any atom is -0.493 e. The SMILES string of the molecule is c1cc2c3c(c1)OCCCCCCOc1cccc(c1-c1ccsc1-c1sccc1-3)OCCCCCCCO2. The van der Waals surface area contributed by atoms with E-state index in [1.807, 2.05) is 0 Å². The molecule has 0 saturated heterocycles. The predicted molar refractivity (Wildman–Crippen MR) is 162 cm³/mol. The molecule has 0 unspecified atom stereocenters.